The molecule has 1 rings (SSSR count). The first-order valence-electron chi connectivity index (χ1n) is 3.37. The van der Waals surface area contributed by atoms with E-state index in [9.17, 15) is 4.79 Å². The van der Waals surface area contributed by atoms with Crippen LogP contribution in [0.5, 0.6) is 0 Å². The monoisotopic (exact) mass is 293 g/mol. The Labute approximate surface area is 87.5 Å². The second-order valence-electron chi connectivity index (χ2n) is 2.28. The lowest BCUT2D eigenvalue weighted by atomic mass is 10.1. The highest BCUT2D eigenvalue weighted by molar-refractivity contribution is 14.2. The molecule has 64 valence electrons. The fourth-order valence-electron chi connectivity index (χ4n) is 0.887. The molecule has 2 N–H and O–H groups in total. The van der Waals surface area contributed by atoms with Crippen LogP contribution in [0.15, 0.2) is 30.3 Å². The van der Waals surface area contributed by atoms with Gasteiger partial charge >= 0.3 is 0 Å². The third-order valence-electron chi connectivity index (χ3n) is 1.45. The summed E-state index contributed by atoms with van der Waals surface area (Å²) in [5.41, 5.74) is 6.18. The Morgan fingerprint density at radius 1 is 1.42 bits per heavy atom. The number of primary amides is 1. The minimum atomic E-state index is -0.291. The zero-order valence-corrected chi connectivity index (χ0v) is 9.21. The quantitative estimate of drug-likeness (QED) is 0.869. The number of amides is 1. The second kappa shape index (κ2) is 4.71. The highest BCUT2D eigenvalue weighted by atomic mass is 127. The van der Waals surface area contributed by atoms with Crippen molar-refractivity contribution in [1.29, 1.82) is 0 Å². The van der Waals surface area contributed by atoms with Crippen molar-refractivity contribution in [3.63, 3.8) is 0 Å². The van der Waals surface area contributed by atoms with Crippen LogP contribution in [0, 0.1) is 0 Å². The molecule has 0 radical (unpaired) electrons. The smallest absolute Gasteiger partial charge is 0.235 e. The van der Waals surface area contributed by atoms with Gasteiger partial charge in [0.25, 0.3) is 0 Å². The van der Waals surface area contributed by atoms with E-state index in [2.05, 4.69) is 21.2 Å². The van der Waals surface area contributed by atoms with E-state index in [-0.39, 0.29) is 11.2 Å². The highest BCUT2D eigenvalue weighted by Crippen LogP contribution is 2.33. The lowest BCUT2D eigenvalue weighted by Gasteiger charge is -2.08. The van der Waals surface area contributed by atoms with Gasteiger partial charge in [-0.3, -0.25) is 4.79 Å². The van der Waals surface area contributed by atoms with Crippen molar-refractivity contribution in [1.82, 2.24) is 0 Å². The zero-order valence-electron chi connectivity index (χ0n) is 6.24. The SMILES string of the molecule is NC(=O)C(SI)c1ccccc1. The summed E-state index contributed by atoms with van der Waals surface area (Å²) in [7, 11) is 1.43. The minimum Gasteiger partial charge on any atom is -0.368 e. The van der Waals surface area contributed by atoms with Crippen LogP contribution in [-0.2, 0) is 4.79 Å². The number of hydrogen-bond donors (Lipinski definition) is 1. The Balaban J connectivity index is 2.88. The number of rotatable bonds is 3. The summed E-state index contributed by atoms with van der Waals surface area (Å²) in [4.78, 5) is 10.9. The largest absolute Gasteiger partial charge is 0.368 e. The van der Waals surface area contributed by atoms with Crippen LogP contribution >= 0.6 is 30.1 Å². The number of hydrogen-bond acceptors (Lipinski definition) is 2. The number of carbonyl (C=O) groups is 1. The Kier molecular flexibility index (Phi) is 3.87. The molecule has 1 aromatic carbocycles. The minimum absolute atomic E-state index is 0.230. The first-order valence-corrected chi connectivity index (χ1v) is 6.79. The van der Waals surface area contributed by atoms with Crippen LogP contribution in [0.4, 0.5) is 0 Å². The second-order valence-corrected chi connectivity index (χ2v) is 4.46. The van der Waals surface area contributed by atoms with Gasteiger partial charge in [-0.2, -0.15) is 0 Å². The van der Waals surface area contributed by atoms with Gasteiger partial charge in [-0.05, 0) is 26.8 Å². The first kappa shape index (κ1) is 9.85. The van der Waals surface area contributed by atoms with E-state index in [1.54, 1.807) is 0 Å². The summed E-state index contributed by atoms with van der Waals surface area (Å²) < 4.78 is 0. The summed E-state index contributed by atoms with van der Waals surface area (Å²) in [6.45, 7) is 0. The van der Waals surface area contributed by atoms with E-state index < -0.39 is 0 Å². The van der Waals surface area contributed by atoms with E-state index in [0.717, 1.165) is 5.56 Å². The predicted molar refractivity (Wildman–Crippen MR) is 60.0 cm³/mol. The lowest BCUT2D eigenvalue weighted by Crippen LogP contribution is -2.17. The molecule has 0 heterocycles. The fraction of sp³-hybridized carbons (Fsp3) is 0.125. The van der Waals surface area contributed by atoms with Gasteiger partial charge in [0.05, 0.1) is 0 Å². The molecule has 0 saturated heterocycles. The van der Waals surface area contributed by atoms with Gasteiger partial charge < -0.3 is 5.73 Å². The number of halogens is 1. The Morgan fingerprint density at radius 3 is 2.42 bits per heavy atom. The Hall–Kier alpha value is -0.230. The Morgan fingerprint density at radius 2 is 2.00 bits per heavy atom. The fourth-order valence-corrected chi connectivity index (χ4v) is 2.87. The van der Waals surface area contributed by atoms with Gasteiger partial charge in [0.2, 0.25) is 5.91 Å². The van der Waals surface area contributed by atoms with Gasteiger partial charge in [-0.1, -0.05) is 39.3 Å². The number of carbonyl (C=O) groups excluding carboxylic acids is 1. The molecule has 0 saturated carbocycles. The predicted octanol–water partition coefficient (Wildman–Crippen LogP) is 2.30. The zero-order chi connectivity index (χ0) is 8.97. The third-order valence-corrected chi connectivity index (χ3v) is 3.66. The van der Waals surface area contributed by atoms with Crippen LogP contribution in [0.1, 0.15) is 10.8 Å². The molecule has 0 aliphatic heterocycles. The topological polar surface area (TPSA) is 43.1 Å². The van der Waals surface area contributed by atoms with Crippen LogP contribution in [0.25, 0.3) is 0 Å². The van der Waals surface area contributed by atoms with Crippen molar-refractivity contribution in [3.8, 4) is 0 Å². The molecule has 1 unspecified atom stereocenters. The van der Waals surface area contributed by atoms with Crippen LogP contribution in [0.3, 0.4) is 0 Å². The molecular weight excluding hydrogens is 285 g/mol. The van der Waals surface area contributed by atoms with Crippen LogP contribution in [-0.4, -0.2) is 5.91 Å². The van der Waals surface area contributed by atoms with E-state index >= 15 is 0 Å². The van der Waals surface area contributed by atoms with Crippen molar-refractivity contribution in [2.24, 2.45) is 5.73 Å². The molecule has 2 nitrogen and oxygen atoms in total. The van der Waals surface area contributed by atoms with E-state index in [1.165, 1.54) is 8.93 Å². The molecule has 0 bridgehead atoms. The molecule has 12 heavy (non-hydrogen) atoms. The molecule has 0 fully saturated rings. The van der Waals surface area contributed by atoms with Gasteiger partial charge in [-0.25, -0.2) is 0 Å². The van der Waals surface area contributed by atoms with E-state index in [1.807, 2.05) is 30.3 Å². The molecule has 0 spiro atoms. The molecular formula is C8H8INOS. The summed E-state index contributed by atoms with van der Waals surface area (Å²) in [6.07, 6.45) is 0. The Bertz CT molecular complexity index is 265. The number of benzene rings is 1. The molecule has 4 heteroatoms. The third kappa shape index (κ3) is 2.38. The van der Waals surface area contributed by atoms with Gasteiger partial charge in [0.15, 0.2) is 0 Å². The standard InChI is InChI=1S/C8H8INOS/c9-12-7(8(10)11)6-4-2-1-3-5-6/h1-5,7H,(H2,10,11). The normalized spacial score (nSPS) is 12.4. The molecule has 1 amide bonds. The molecule has 0 aliphatic carbocycles. The van der Waals surface area contributed by atoms with Crippen molar-refractivity contribution >= 4 is 36.0 Å². The highest BCUT2D eigenvalue weighted by Gasteiger charge is 2.15. The first-order chi connectivity index (χ1) is 5.75. The van der Waals surface area contributed by atoms with E-state index in [0.29, 0.717) is 0 Å². The lowest BCUT2D eigenvalue weighted by molar-refractivity contribution is -0.117. The average molecular weight is 293 g/mol. The van der Waals surface area contributed by atoms with Crippen molar-refractivity contribution in [2.75, 3.05) is 0 Å². The van der Waals surface area contributed by atoms with Gasteiger partial charge in [-0.15, -0.1) is 0 Å². The summed E-state index contributed by atoms with van der Waals surface area (Å²) in [5.74, 6) is -0.291. The summed E-state index contributed by atoms with van der Waals surface area (Å²) >= 11 is 2.08. The molecule has 0 aliphatic rings. The van der Waals surface area contributed by atoms with Crippen LogP contribution < -0.4 is 5.73 Å². The summed E-state index contributed by atoms with van der Waals surface area (Å²) in [5, 5.41) is -0.230. The molecule has 1 atom stereocenters. The molecule has 1 aromatic rings. The van der Waals surface area contributed by atoms with Crippen molar-refractivity contribution in [3.05, 3.63) is 35.9 Å². The van der Waals surface area contributed by atoms with E-state index in [4.69, 9.17) is 5.73 Å². The summed E-state index contributed by atoms with van der Waals surface area (Å²) in [6, 6.07) is 9.53. The van der Waals surface area contributed by atoms with Crippen molar-refractivity contribution in [2.45, 2.75) is 5.25 Å². The maximum absolute atomic E-state index is 10.9. The molecule has 0 aromatic heterocycles. The van der Waals surface area contributed by atoms with Gasteiger partial charge in [0.1, 0.15) is 5.25 Å². The maximum Gasteiger partial charge on any atom is 0.235 e. The van der Waals surface area contributed by atoms with Crippen LogP contribution in [0.2, 0.25) is 0 Å². The average Bonchev–Trinajstić information content (AvgIpc) is 2.07. The maximum atomic E-state index is 10.9. The van der Waals surface area contributed by atoms with Gasteiger partial charge in [0, 0.05) is 0 Å². The number of nitrogens with two attached hydrogens (primary N) is 1. The van der Waals surface area contributed by atoms with Crippen molar-refractivity contribution < 1.29 is 4.79 Å².